The van der Waals surface area contributed by atoms with Gasteiger partial charge in [0.05, 0.1) is 0 Å². The molecule has 0 atom stereocenters. The fraction of sp³-hybridized carbons (Fsp3) is 0.500. The first-order valence-electron chi connectivity index (χ1n) is 2.14. The quantitative estimate of drug-likeness (QED) is 0.603. The zero-order valence-corrected chi connectivity index (χ0v) is 9.11. The van der Waals surface area contributed by atoms with E-state index in [1.54, 1.807) is 0 Å². The van der Waals surface area contributed by atoms with Crippen LogP contribution in [0.1, 0.15) is 0 Å². The summed E-state index contributed by atoms with van der Waals surface area (Å²) in [6.07, 6.45) is 0. The number of rotatable bonds is 0. The van der Waals surface area contributed by atoms with E-state index in [1.165, 1.54) is 19.1 Å². The molecular formula is C4H4S2Se2-2. The van der Waals surface area contributed by atoms with Crippen molar-refractivity contribution in [2.24, 2.45) is 0 Å². The van der Waals surface area contributed by atoms with E-state index in [4.69, 9.17) is 0 Å². The summed E-state index contributed by atoms with van der Waals surface area (Å²) in [6, 6.07) is 0. The average molecular weight is 274 g/mol. The number of hydrogen-bond acceptors (Lipinski definition) is 2. The molecule has 0 spiro atoms. The third kappa shape index (κ3) is 2.02. The fourth-order valence-corrected chi connectivity index (χ4v) is 3.80. The third-order valence-electron chi connectivity index (χ3n) is 0.716. The Bertz CT molecular complexity index is 107. The Balaban J connectivity index is 2.60. The van der Waals surface area contributed by atoms with E-state index < -0.39 is 0 Å². The molecule has 0 nitrogen and oxygen atoms in total. The summed E-state index contributed by atoms with van der Waals surface area (Å²) < 4.78 is 2.67. The van der Waals surface area contributed by atoms with E-state index in [-0.39, 0.29) is 0 Å². The van der Waals surface area contributed by atoms with Crippen LogP contribution in [0.4, 0.5) is 0 Å². The molecular weight excluding hydrogens is 270 g/mol. The molecule has 1 rings (SSSR count). The topological polar surface area (TPSA) is 0 Å². The summed E-state index contributed by atoms with van der Waals surface area (Å²) in [7, 11) is 0. The van der Waals surface area contributed by atoms with Gasteiger partial charge in [0.2, 0.25) is 0 Å². The summed E-state index contributed by atoms with van der Waals surface area (Å²) in [6.45, 7) is 0. The number of thioether (sulfide) groups is 2. The Hall–Kier alpha value is 1.48. The van der Waals surface area contributed by atoms with Gasteiger partial charge in [0.15, 0.2) is 0 Å². The van der Waals surface area contributed by atoms with E-state index in [9.17, 15) is 0 Å². The van der Waals surface area contributed by atoms with Crippen LogP contribution in [0.25, 0.3) is 0 Å². The van der Waals surface area contributed by atoms with Crippen molar-refractivity contribution < 1.29 is 0 Å². The van der Waals surface area contributed by atoms with Crippen LogP contribution in [0.2, 0.25) is 0 Å². The normalized spacial score (nSPS) is 21.5. The van der Waals surface area contributed by atoms with Crippen molar-refractivity contribution in [1.29, 1.82) is 0 Å². The molecule has 0 aromatic carbocycles. The standard InChI is InChI=1S/C4H6S2Se2/c7-3-4(8)6-2-1-5-3/h7-8H,1-2H2/p-2. The summed E-state index contributed by atoms with van der Waals surface area (Å²) >= 11 is 9.83. The first-order chi connectivity index (χ1) is 3.80. The molecule has 0 radical (unpaired) electrons. The molecule has 0 amide bonds. The fourth-order valence-electron chi connectivity index (χ4n) is 0.387. The van der Waals surface area contributed by atoms with Gasteiger partial charge < -0.3 is 0 Å². The van der Waals surface area contributed by atoms with Crippen LogP contribution in [0.15, 0.2) is 7.61 Å². The third-order valence-corrected chi connectivity index (χ3v) is 6.43. The molecule has 0 aromatic heterocycles. The van der Waals surface area contributed by atoms with Gasteiger partial charge >= 0.3 is 74.7 Å². The molecule has 0 saturated carbocycles. The van der Waals surface area contributed by atoms with E-state index in [2.05, 4.69) is 32.0 Å². The Morgan fingerprint density at radius 3 is 1.62 bits per heavy atom. The van der Waals surface area contributed by atoms with Gasteiger partial charge in [-0.3, -0.25) is 0 Å². The second-order valence-electron chi connectivity index (χ2n) is 1.27. The van der Waals surface area contributed by atoms with Gasteiger partial charge in [-0.15, -0.1) is 0 Å². The molecule has 0 N–H and O–H groups in total. The molecule has 0 unspecified atom stereocenters. The molecule has 4 heteroatoms. The first kappa shape index (κ1) is 7.58. The van der Waals surface area contributed by atoms with E-state index >= 15 is 0 Å². The molecule has 1 aliphatic rings. The van der Waals surface area contributed by atoms with Crippen LogP contribution in [0.3, 0.4) is 0 Å². The van der Waals surface area contributed by atoms with Crippen molar-refractivity contribution in [2.75, 3.05) is 11.5 Å². The Morgan fingerprint density at radius 1 is 1.00 bits per heavy atom. The van der Waals surface area contributed by atoms with Crippen LogP contribution in [-0.2, 0) is 0 Å². The molecule has 8 heavy (non-hydrogen) atoms. The van der Waals surface area contributed by atoms with E-state index in [0.717, 1.165) is 0 Å². The van der Waals surface area contributed by atoms with Crippen LogP contribution in [0.5, 0.6) is 0 Å². The molecule has 46 valence electrons. The van der Waals surface area contributed by atoms with Crippen LogP contribution in [-0.4, -0.2) is 43.5 Å². The van der Waals surface area contributed by atoms with Crippen LogP contribution < -0.4 is 0 Å². The first-order valence-corrected chi connectivity index (χ1v) is 5.83. The van der Waals surface area contributed by atoms with E-state index in [1.807, 2.05) is 23.5 Å². The molecule has 1 aliphatic heterocycles. The molecule has 0 aliphatic carbocycles. The van der Waals surface area contributed by atoms with Crippen molar-refractivity contribution in [3.05, 3.63) is 7.61 Å². The predicted octanol–water partition coefficient (Wildman–Crippen LogP) is 0.930. The van der Waals surface area contributed by atoms with Gasteiger partial charge in [-0.2, -0.15) is 0 Å². The average Bonchev–Trinajstić information content (AvgIpc) is 1.77. The number of hydrogen-bond donors (Lipinski definition) is 0. The zero-order valence-electron chi connectivity index (χ0n) is 4.05. The minimum absolute atomic E-state index is 1.25. The van der Waals surface area contributed by atoms with Gasteiger partial charge in [-0.1, -0.05) is 0 Å². The zero-order chi connectivity index (χ0) is 5.98. The van der Waals surface area contributed by atoms with Crippen molar-refractivity contribution in [3.8, 4) is 0 Å². The summed E-state index contributed by atoms with van der Waals surface area (Å²) in [5.41, 5.74) is 0. The van der Waals surface area contributed by atoms with E-state index in [0.29, 0.717) is 0 Å². The van der Waals surface area contributed by atoms with Gasteiger partial charge in [0.1, 0.15) is 0 Å². The maximum absolute atomic E-state index is 3.02. The Kier molecular flexibility index (Phi) is 3.41. The molecule has 0 saturated heterocycles. The van der Waals surface area contributed by atoms with Crippen LogP contribution >= 0.6 is 23.5 Å². The second-order valence-corrected chi connectivity index (χ2v) is 6.36. The summed E-state index contributed by atoms with van der Waals surface area (Å²) in [5.74, 6) is 2.50. The van der Waals surface area contributed by atoms with Gasteiger partial charge in [-0.05, 0) is 0 Å². The molecule has 0 bridgehead atoms. The van der Waals surface area contributed by atoms with Crippen molar-refractivity contribution in [1.82, 2.24) is 0 Å². The molecule has 0 aromatic rings. The minimum atomic E-state index is 1.25. The Labute approximate surface area is 74.3 Å². The van der Waals surface area contributed by atoms with Crippen molar-refractivity contribution in [2.45, 2.75) is 0 Å². The second kappa shape index (κ2) is 3.60. The van der Waals surface area contributed by atoms with Gasteiger partial charge in [0.25, 0.3) is 0 Å². The Morgan fingerprint density at radius 2 is 1.38 bits per heavy atom. The van der Waals surface area contributed by atoms with Gasteiger partial charge in [0, 0.05) is 0 Å². The molecule has 1 heterocycles. The summed E-state index contributed by atoms with van der Waals surface area (Å²) in [4.78, 5) is 0. The van der Waals surface area contributed by atoms with Crippen molar-refractivity contribution in [3.63, 3.8) is 0 Å². The maximum atomic E-state index is 3.02. The summed E-state index contributed by atoms with van der Waals surface area (Å²) in [5, 5.41) is 0. The van der Waals surface area contributed by atoms with Crippen LogP contribution in [0, 0.1) is 0 Å². The molecule has 0 fully saturated rings. The monoisotopic (exact) mass is 276 g/mol. The SMILES string of the molecule is [Se-]C1=C([Se-])SCCS1. The van der Waals surface area contributed by atoms with Crippen molar-refractivity contribution >= 4 is 55.5 Å². The predicted molar refractivity (Wildman–Crippen MR) is 43.5 cm³/mol. The van der Waals surface area contributed by atoms with Gasteiger partial charge in [-0.25, -0.2) is 0 Å².